The van der Waals surface area contributed by atoms with Crippen molar-refractivity contribution in [1.82, 2.24) is 15.2 Å². The van der Waals surface area contributed by atoms with Crippen LogP contribution in [0.1, 0.15) is 10.5 Å². The molecular weight excluding hydrogens is 222 g/mol. The van der Waals surface area contributed by atoms with E-state index >= 15 is 0 Å². The first-order valence-electron chi connectivity index (χ1n) is 5.35. The fourth-order valence-corrected chi connectivity index (χ4v) is 1.80. The average Bonchev–Trinajstić information content (AvgIpc) is 2.39. The average molecular weight is 235 g/mol. The van der Waals surface area contributed by atoms with Crippen LogP contribution in [0.2, 0.25) is 0 Å². The molecule has 6 nitrogen and oxygen atoms in total. The number of aliphatic carboxylic acids is 1. The molecule has 1 saturated heterocycles. The van der Waals surface area contributed by atoms with E-state index in [2.05, 4.69) is 10.3 Å². The first-order valence-corrected chi connectivity index (χ1v) is 5.35. The number of carboxylic acid groups (broad SMARTS) is 1. The number of carbonyl (C=O) groups is 2. The molecule has 0 bridgehead atoms. The van der Waals surface area contributed by atoms with Crippen LogP contribution < -0.4 is 5.32 Å². The summed E-state index contributed by atoms with van der Waals surface area (Å²) < 4.78 is 0. The summed E-state index contributed by atoms with van der Waals surface area (Å²) in [7, 11) is 0. The van der Waals surface area contributed by atoms with Gasteiger partial charge in [-0.1, -0.05) is 6.07 Å². The summed E-state index contributed by atoms with van der Waals surface area (Å²) in [5.41, 5.74) is 0.278. The Bertz CT molecular complexity index is 421. The fraction of sp³-hybridized carbons (Fsp3) is 0.364. The van der Waals surface area contributed by atoms with Crippen molar-refractivity contribution in [3.05, 3.63) is 30.1 Å². The number of pyridine rings is 1. The minimum Gasteiger partial charge on any atom is -0.480 e. The summed E-state index contributed by atoms with van der Waals surface area (Å²) in [6.45, 7) is 1.25. The summed E-state index contributed by atoms with van der Waals surface area (Å²) in [5, 5.41) is 12.0. The fourth-order valence-electron chi connectivity index (χ4n) is 1.80. The maximum atomic E-state index is 12.1. The zero-order valence-corrected chi connectivity index (χ0v) is 9.17. The van der Waals surface area contributed by atoms with E-state index < -0.39 is 12.0 Å². The van der Waals surface area contributed by atoms with Crippen molar-refractivity contribution in [3.8, 4) is 0 Å². The summed E-state index contributed by atoms with van der Waals surface area (Å²) in [5.74, 6) is -1.33. The van der Waals surface area contributed by atoms with E-state index in [1.54, 1.807) is 18.2 Å². The Labute approximate surface area is 98.3 Å². The molecule has 1 aromatic rings. The summed E-state index contributed by atoms with van der Waals surface area (Å²) in [6.07, 6.45) is 1.52. The molecule has 17 heavy (non-hydrogen) atoms. The molecule has 1 amide bonds. The highest BCUT2D eigenvalue weighted by atomic mass is 16.4. The third kappa shape index (κ3) is 2.42. The third-order valence-electron chi connectivity index (χ3n) is 2.67. The van der Waals surface area contributed by atoms with Crippen LogP contribution in [0.25, 0.3) is 0 Å². The molecule has 2 rings (SSSR count). The highest BCUT2D eigenvalue weighted by Crippen LogP contribution is 2.09. The molecule has 0 spiro atoms. The number of hydrogen-bond donors (Lipinski definition) is 2. The van der Waals surface area contributed by atoms with Gasteiger partial charge in [0.05, 0.1) is 0 Å². The Morgan fingerprint density at radius 3 is 2.94 bits per heavy atom. The van der Waals surface area contributed by atoms with Crippen molar-refractivity contribution in [2.24, 2.45) is 0 Å². The molecular formula is C11H13N3O3. The van der Waals surface area contributed by atoms with Crippen molar-refractivity contribution < 1.29 is 14.7 Å². The van der Waals surface area contributed by atoms with Crippen LogP contribution in [0.5, 0.6) is 0 Å². The largest absolute Gasteiger partial charge is 0.480 e. The predicted molar refractivity (Wildman–Crippen MR) is 59.6 cm³/mol. The number of nitrogens with one attached hydrogen (secondary N) is 1. The lowest BCUT2D eigenvalue weighted by Crippen LogP contribution is -2.57. The molecule has 0 aliphatic carbocycles. The number of carboxylic acids is 1. The Morgan fingerprint density at radius 1 is 1.47 bits per heavy atom. The van der Waals surface area contributed by atoms with Gasteiger partial charge in [0.1, 0.15) is 11.7 Å². The van der Waals surface area contributed by atoms with Crippen LogP contribution in [0.15, 0.2) is 24.4 Å². The van der Waals surface area contributed by atoms with Gasteiger partial charge in [-0.15, -0.1) is 0 Å². The van der Waals surface area contributed by atoms with Crippen molar-refractivity contribution in [2.75, 3.05) is 19.6 Å². The Balaban J connectivity index is 2.20. The van der Waals surface area contributed by atoms with Gasteiger partial charge in [0.15, 0.2) is 0 Å². The molecule has 1 unspecified atom stereocenters. The Morgan fingerprint density at radius 2 is 2.29 bits per heavy atom. The van der Waals surface area contributed by atoms with Gasteiger partial charge in [0, 0.05) is 25.8 Å². The SMILES string of the molecule is O=C(O)C1CNCCN1C(=O)c1ccccn1. The Kier molecular flexibility index (Phi) is 3.34. The lowest BCUT2D eigenvalue weighted by Gasteiger charge is -2.33. The first-order chi connectivity index (χ1) is 8.20. The number of amides is 1. The highest BCUT2D eigenvalue weighted by Gasteiger charge is 2.32. The number of piperazine rings is 1. The van der Waals surface area contributed by atoms with Gasteiger partial charge in [-0.25, -0.2) is 4.79 Å². The standard InChI is InChI=1S/C11H13N3O3/c15-10(8-3-1-2-4-13-8)14-6-5-12-7-9(14)11(16)17/h1-4,9,12H,5-7H2,(H,16,17). The van der Waals surface area contributed by atoms with Gasteiger partial charge >= 0.3 is 5.97 Å². The van der Waals surface area contributed by atoms with E-state index in [0.29, 0.717) is 13.1 Å². The van der Waals surface area contributed by atoms with Crippen molar-refractivity contribution in [3.63, 3.8) is 0 Å². The van der Waals surface area contributed by atoms with Gasteiger partial charge in [-0.05, 0) is 12.1 Å². The summed E-state index contributed by atoms with van der Waals surface area (Å²) in [4.78, 5) is 28.4. The molecule has 1 aromatic heterocycles. The van der Waals surface area contributed by atoms with Crippen LogP contribution in [0.4, 0.5) is 0 Å². The summed E-state index contributed by atoms with van der Waals surface area (Å²) >= 11 is 0. The number of hydrogen-bond acceptors (Lipinski definition) is 4. The van der Waals surface area contributed by atoms with Gasteiger partial charge in [-0.2, -0.15) is 0 Å². The monoisotopic (exact) mass is 235 g/mol. The molecule has 0 saturated carbocycles. The number of rotatable bonds is 2. The molecule has 2 N–H and O–H groups in total. The van der Waals surface area contributed by atoms with Crippen LogP contribution in [-0.2, 0) is 4.79 Å². The minimum absolute atomic E-state index is 0.272. The maximum absolute atomic E-state index is 12.1. The van der Waals surface area contributed by atoms with Crippen LogP contribution >= 0.6 is 0 Å². The molecule has 90 valence electrons. The molecule has 6 heteroatoms. The third-order valence-corrected chi connectivity index (χ3v) is 2.67. The van der Waals surface area contributed by atoms with Gasteiger partial charge in [0.25, 0.3) is 5.91 Å². The second-order valence-electron chi connectivity index (χ2n) is 3.77. The van der Waals surface area contributed by atoms with E-state index in [9.17, 15) is 9.59 Å². The van der Waals surface area contributed by atoms with E-state index in [1.165, 1.54) is 11.1 Å². The molecule has 1 aliphatic heterocycles. The first kappa shape index (κ1) is 11.5. The van der Waals surface area contributed by atoms with E-state index in [0.717, 1.165) is 0 Å². The lowest BCUT2D eigenvalue weighted by atomic mass is 10.1. The normalized spacial score (nSPS) is 20.0. The molecule has 0 radical (unpaired) electrons. The molecule has 1 atom stereocenters. The molecule has 1 aliphatic rings. The maximum Gasteiger partial charge on any atom is 0.327 e. The van der Waals surface area contributed by atoms with Crippen molar-refractivity contribution in [1.29, 1.82) is 0 Å². The smallest absolute Gasteiger partial charge is 0.327 e. The number of aromatic nitrogens is 1. The van der Waals surface area contributed by atoms with E-state index in [1.807, 2.05) is 0 Å². The highest BCUT2D eigenvalue weighted by molar-refractivity contribution is 5.95. The van der Waals surface area contributed by atoms with Crippen LogP contribution in [0.3, 0.4) is 0 Å². The lowest BCUT2D eigenvalue weighted by molar-refractivity contribution is -0.142. The second kappa shape index (κ2) is 4.92. The molecule has 0 aromatic carbocycles. The van der Waals surface area contributed by atoms with Gasteiger partial charge in [0.2, 0.25) is 0 Å². The van der Waals surface area contributed by atoms with Gasteiger partial charge in [-0.3, -0.25) is 9.78 Å². The van der Waals surface area contributed by atoms with Gasteiger partial charge < -0.3 is 15.3 Å². The van der Waals surface area contributed by atoms with Crippen molar-refractivity contribution in [2.45, 2.75) is 6.04 Å². The van der Waals surface area contributed by atoms with E-state index in [4.69, 9.17) is 5.11 Å². The molecule has 2 heterocycles. The van der Waals surface area contributed by atoms with E-state index in [-0.39, 0.29) is 18.1 Å². The van der Waals surface area contributed by atoms with Crippen molar-refractivity contribution >= 4 is 11.9 Å². The predicted octanol–water partition coefficient (Wildman–Crippen LogP) is -0.420. The minimum atomic E-state index is -0.999. The Hall–Kier alpha value is -1.95. The zero-order chi connectivity index (χ0) is 12.3. The number of carbonyl (C=O) groups excluding carboxylic acids is 1. The second-order valence-corrected chi connectivity index (χ2v) is 3.77. The quantitative estimate of drug-likeness (QED) is 0.727. The zero-order valence-electron chi connectivity index (χ0n) is 9.17. The number of nitrogens with zero attached hydrogens (tertiary/aromatic N) is 2. The van der Waals surface area contributed by atoms with Crippen LogP contribution in [-0.4, -0.2) is 52.5 Å². The van der Waals surface area contributed by atoms with Crippen LogP contribution in [0, 0.1) is 0 Å². The molecule has 1 fully saturated rings. The summed E-state index contributed by atoms with van der Waals surface area (Å²) in [6, 6.07) is 4.18. The topological polar surface area (TPSA) is 82.5 Å².